The highest BCUT2D eigenvalue weighted by Gasteiger charge is 2.20. The highest BCUT2D eigenvalue weighted by molar-refractivity contribution is 9.10. The summed E-state index contributed by atoms with van der Waals surface area (Å²) in [7, 11) is 1.71. The lowest BCUT2D eigenvalue weighted by Gasteiger charge is -2.09. The smallest absolute Gasteiger partial charge is 0.256 e. The largest absolute Gasteiger partial charge is 0.437 e. The van der Waals surface area contributed by atoms with E-state index in [1.807, 2.05) is 25.1 Å². The fraction of sp³-hybridized carbons (Fsp3) is 0.231. The fourth-order valence-corrected chi connectivity index (χ4v) is 2.40. The second-order valence-corrected chi connectivity index (χ2v) is 5.14. The van der Waals surface area contributed by atoms with E-state index in [1.165, 1.54) is 4.68 Å². The number of ether oxygens (including phenoxy) is 1. The van der Waals surface area contributed by atoms with E-state index in [0.717, 1.165) is 10.0 Å². The maximum absolute atomic E-state index is 11.5. The van der Waals surface area contributed by atoms with Gasteiger partial charge in [0, 0.05) is 7.05 Å². The van der Waals surface area contributed by atoms with Crippen molar-refractivity contribution in [1.29, 1.82) is 0 Å². The number of carbonyl (C=O) groups excluding carboxylic acids is 1. The number of amides is 1. The number of aromatic nitrogens is 2. The Bertz CT molecular complexity index is 650. The monoisotopic (exact) mass is 323 g/mol. The van der Waals surface area contributed by atoms with Gasteiger partial charge in [0.15, 0.2) is 0 Å². The Labute approximate surface area is 119 Å². The maximum Gasteiger partial charge on any atom is 0.256 e. The molecule has 1 amide bonds. The van der Waals surface area contributed by atoms with Crippen molar-refractivity contribution in [3.05, 3.63) is 39.5 Å². The summed E-state index contributed by atoms with van der Waals surface area (Å²) in [5.41, 5.74) is 7.32. The lowest BCUT2D eigenvalue weighted by molar-refractivity contribution is 0.0997. The topological polar surface area (TPSA) is 70.1 Å². The van der Waals surface area contributed by atoms with Gasteiger partial charge in [-0.2, -0.15) is 5.10 Å². The van der Waals surface area contributed by atoms with Crippen LogP contribution in [-0.2, 0) is 7.05 Å². The maximum atomic E-state index is 11.5. The van der Waals surface area contributed by atoms with Gasteiger partial charge in [0.25, 0.3) is 5.91 Å². The van der Waals surface area contributed by atoms with Crippen LogP contribution in [0.4, 0.5) is 0 Å². The molecule has 0 radical (unpaired) electrons. The molecule has 0 bridgehead atoms. The van der Waals surface area contributed by atoms with Crippen molar-refractivity contribution in [3.63, 3.8) is 0 Å². The van der Waals surface area contributed by atoms with Crippen molar-refractivity contribution >= 4 is 21.8 Å². The van der Waals surface area contributed by atoms with Gasteiger partial charge in [-0.1, -0.05) is 6.07 Å². The summed E-state index contributed by atoms with van der Waals surface area (Å²) >= 11 is 3.43. The van der Waals surface area contributed by atoms with Gasteiger partial charge in [-0.25, -0.2) is 4.68 Å². The van der Waals surface area contributed by atoms with Crippen molar-refractivity contribution in [2.24, 2.45) is 12.8 Å². The zero-order valence-electron chi connectivity index (χ0n) is 10.9. The molecule has 0 aliphatic rings. The van der Waals surface area contributed by atoms with Crippen LogP contribution in [0.1, 0.15) is 21.6 Å². The van der Waals surface area contributed by atoms with Gasteiger partial charge in [0.1, 0.15) is 11.3 Å². The van der Waals surface area contributed by atoms with Gasteiger partial charge in [-0.3, -0.25) is 4.79 Å². The predicted octanol–water partition coefficient (Wildman–Crippen LogP) is 2.69. The van der Waals surface area contributed by atoms with Gasteiger partial charge in [0.05, 0.1) is 10.2 Å². The number of hydrogen-bond donors (Lipinski definition) is 1. The van der Waals surface area contributed by atoms with Crippen LogP contribution in [0.15, 0.2) is 22.7 Å². The molecule has 0 aliphatic heterocycles. The first-order valence-corrected chi connectivity index (χ1v) is 6.47. The average molecular weight is 324 g/mol. The molecule has 100 valence electrons. The van der Waals surface area contributed by atoms with Crippen LogP contribution in [0.25, 0.3) is 0 Å². The van der Waals surface area contributed by atoms with Crippen LogP contribution in [0.3, 0.4) is 0 Å². The quantitative estimate of drug-likeness (QED) is 0.944. The van der Waals surface area contributed by atoms with E-state index in [0.29, 0.717) is 22.9 Å². The second-order valence-electron chi connectivity index (χ2n) is 4.29. The third-order valence-corrected chi connectivity index (χ3v) is 3.33. The van der Waals surface area contributed by atoms with Crippen molar-refractivity contribution in [2.75, 3.05) is 0 Å². The third kappa shape index (κ3) is 2.63. The van der Waals surface area contributed by atoms with Crippen LogP contribution < -0.4 is 10.5 Å². The third-order valence-electron chi connectivity index (χ3n) is 2.71. The molecule has 0 unspecified atom stereocenters. The Balaban J connectivity index is 2.46. The second kappa shape index (κ2) is 5.05. The lowest BCUT2D eigenvalue weighted by atomic mass is 10.2. The van der Waals surface area contributed by atoms with Gasteiger partial charge in [0.2, 0.25) is 5.88 Å². The van der Waals surface area contributed by atoms with Gasteiger partial charge < -0.3 is 10.5 Å². The Morgan fingerprint density at radius 2 is 2.11 bits per heavy atom. The van der Waals surface area contributed by atoms with Crippen LogP contribution in [-0.4, -0.2) is 15.7 Å². The van der Waals surface area contributed by atoms with Gasteiger partial charge in [-0.05, 0) is 47.5 Å². The molecule has 6 heteroatoms. The zero-order valence-corrected chi connectivity index (χ0v) is 12.5. The number of benzene rings is 1. The molecule has 2 N–H and O–H groups in total. The minimum atomic E-state index is -0.552. The Hall–Kier alpha value is -1.82. The average Bonchev–Trinajstić information content (AvgIpc) is 2.57. The van der Waals surface area contributed by atoms with E-state index in [2.05, 4.69) is 21.0 Å². The Morgan fingerprint density at radius 3 is 2.68 bits per heavy atom. The highest BCUT2D eigenvalue weighted by Crippen LogP contribution is 2.32. The summed E-state index contributed by atoms with van der Waals surface area (Å²) in [6.45, 7) is 3.70. The Morgan fingerprint density at radius 1 is 1.42 bits per heavy atom. The number of aryl methyl sites for hydroxylation is 3. The number of rotatable bonds is 3. The first-order chi connectivity index (χ1) is 8.90. The number of primary amides is 1. The van der Waals surface area contributed by atoms with Crippen molar-refractivity contribution in [3.8, 4) is 11.6 Å². The first-order valence-electron chi connectivity index (χ1n) is 5.67. The molecule has 5 nitrogen and oxygen atoms in total. The van der Waals surface area contributed by atoms with E-state index in [-0.39, 0.29) is 0 Å². The number of carbonyl (C=O) groups is 1. The van der Waals surface area contributed by atoms with E-state index < -0.39 is 5.91 Å². The fourth-order valence-electron chi connectivity index (χ4n) is 1.83. The zero-order chi connectivity index (χ0) is 14.2. The minimum Gasteiger partial charge on any atom is -0.437 e. The molecule has 2 rings (SSSR count). The summed E-state index contributed by atoms with van der Waals surface area (Å²) in [4.78, 5) is 11.5. The van der Waals surface area contributed by atoms with Gasteiger partial charge in [-0.15, -0.1) is 0 Å². The number of nitrogens with zero attached hydrogens (tertiary/aromatic N) is 2. The first kappa shape index (κ1) is 13.6. The molecule has 0 atom stereocenters. The lowest BCUT2D eigenvalue weighted by Crippen LogP contribution is -2.13. The highest BCUT2D eigenvalue weighted by atomic mass is 79.9. The molecule has 0 aliphatic carbocycles. The number of hydrogen-bond acceptors (Lipinski definition) is 3. The standard InChI is InChI=1S/C13H14BrN3O2/c1-7-4-5-10(9(14)6-7)19-13-11(12(15)18)8(2)16-17(13)3/h4-6H,1-3H3,(H2,15,18). The minimum absolute atomic E-state index is 0.301. The molecular formula is C13H14BrN3O2. The molecule has 0 fully saturated rings. The van der Waals surface area contributed by atoms with E-state index in [4.69, 9.17) is 10.5 Å². The summed E-state index contributed by atoms with van der Waals surface area (Å²) in [5.74, 6) is 0.398. The summed E-state index contributed by atoms with van der Waals surface area (Å²) in [6, 6.07) is 5.68. The molecule has 1 aromatic heterocycles. The van der Waals surface area contributed by atoms with Crippen LogP contribution >= 0.6 is 15.9 Å². The SMILES string of the molecule is Cc1ccc(Oc2c(C(N)=O)c(C)nn2C)c(Br)c1. The molecule has 1 aromatic carbocycles. The molecule has 19 heavy (non-hydrogen) atoms. The summed E-state index contributed by atoms with van der Waals surface area (Å²) < 4.78 is 8.07. The summed E-state index contributed by atoms with van der Waals surface area (Å²) in [6.07, 6.45) is 0. The van der Waals surface area contributed by atoms with Gasteiger partial charge >= 0.3 is 0 Å². The van der Waals surface area contributed by atoms with Crippen LogP contribution in [0, 0.1) is 13.8 Å². The molecule has 0 saturated carbocycles. The number of nitrogens with two attached hydrogens (primary N) is 1. The molecule has 2 aromatic rings. The van der Waals surface area contributed by atoms with E-state index in [1.54, 1.807) is 14.0 Å². The van der Waals surface area contributed by atoms with Crippen molar-refractivity contribution in [1.82, 2.24) is 9.78 Å². The summed E-state index contributed by atoms with van der Waals surface area (Å²) in [5, 5.41) is 4.15. The van der Waals surface area contributed by atoms with Crippen molar-refractivity contribution in [2.45, 2.75) is 13.8 Å². The molecule has 0 spiro atoms. The molecular weight excluding hydrogens is 310 g/mol. The van der Waals surface area contributed by atoms with Crippen LogP contribution in [0.5, 0.6) is 11.6 Å². The van der Waals surface area contributed by atoms with Crippen molar-refractivity contribution < 1.29 is 9.53 Å². The van der Waals surface area contributed by atoms with E-state index in [9.17, 15) is 4.79 Å². The number of halogens is 1. The predicted molar refractivity (Wildman–Crippen MR) is 75.4 cm³/mol. The molecule has 0 saturated heterocycles. The van der Waals surface area contributed by atoms with Crippen LogP contribution in [0.2, 0.25) is 0 Å². The van der Waals surface area contributed by atoms with E-state index >= 15 is 0 Å². The normalized spacial score (nSPS) is 10.5. The Kier molecular flexibility index (Phi) is 3.61. The molecule has 1 heterocycles.